The highest BCUT2D eigenvalue weighted by molar-refractivity contribution is 7.89. The van der Waals surface area contributed by atoms with E-state index in [0.29, 0.717) is 5.69 Å². The predicted molar refractivity (Wildman–Crippen MR) is 117 cm³/mol. The van der Waals surface area contributed by atoms with Gasteiger partial charge in [0.05, 0.1) is 7.11 Å². The number of nitrogens with one attached hydrogen (secondary N) is 2. The van der Waals surface area contributed by atoms with Crippen molar-refractivity contribution in [1.29, 1.82) is 0 Å². The lowest BCUT2D eigenvalue weighted by Crippen LogP contribution is -2.26. The fraction of sp³-hybridized carbons (Fsp3) is 0.409. The molecule has 1 saturated carbocycles. The lowest BCUT2D eigenvalue weighted by Gasteiger charge is -2.18. The van der Waals surface area contributed by atoms with Crippen LogP contribution in [0.25, 0.3) is 0 Å². The average molecular weight is 432 g/mol. The van der Waals surface area contributed by atoms with Crippen LogP contribution in [0.2, 0.25) is 0 Å². The highest BCUT2D eigenvalue weighted by atomic mass is 32.2. The van der Waals surface area contributed by atoms with E-state index in [1.165, 1.54) is 19.2 Å². The van der Waals surface area contributed by atoms with Gasteiger partial charge in [-0.25, -0.2) is 13.1 Å². The summed E-state index contributed by atoms with van der Waals surface area (Å²) in [5, 5.41) is 2.86. The molecule has 30 heavy (non-hydrogen) atoms. The van der Waals surface area contributed by atoms with Crippen LogP contribution in [0.15, 0.2) is 47.4 Å². The maximum absolute atomic E-state index is 12.8. The third kappa shape index (κ3) is 5.59. The van der Waals surface area contributed by atoms with Crippen molar-refractivity contribution in [3.63, 3.8) is 0 Å². The van der Waals surface area contributed by atoms with E-state index in [1.54, 1.807) is 6.07 Å². The summed E-state index contributed by atoms with van der Waals surface area (Å²) >= 11 is 0. The van der Waals surface area contributed by atoms with Gasteiger partial charge in [-0.15, -0.1) is 0 Å². The van der Waals surface area contributed by atoms with Crippen molar-refractivity contribution in [2.24, 2.45) is 0 Å². The zero-order chi connectivity index (χ0) is 21.7. The third-order valence-electron chi connectivity index (χ3n) is 5.10. The smallest absolute Gasteiger partial charge is 0.255 e. The highest BCUT2D eigenvalue weighted by Crippen LogP contribution is 2.28. The summed E-state index contributed by atoms with van der Waals surface area (Å²) in [6.07, 6.45) is 1.65. The van der Waals surface area contributed by atoms with Crippen LogP contribution in [-0.4, -0.2) is 45.5 Å². The average Bonchev–Trinajstić information content (AvgIpc) is 3.55. The first-order valence-corrected chi connectivity index (χ1v) is 11.7. The molecule has 0 saturated heterocycles. The Morgan fingerprint density at radius 2 is 1.87 bits per heavy atom. The van der Waals surface area contributed by atoms with Gasteiger partial charge in [-0.2, -0.15) is 0 Å². The van der Waals surface area contributed by atoms with Crippen molar-refractivity contribution < 1.29 is 17.9 Å². The maximum Gasteiger partial charge on any atom is 0.255 e. The summed E-state index contributed by atoms with van der Waals surface area (Å²) in [5.74, 6) is -0.165. The lowest BCUT2D eigenvalue weighted by molar-refractivity contribution is 0.102. The van der Waals surface area contributed by atoms with Crippen LogP contribution in [0, 0.1) is 0 Å². The largest absolute Gasteiger partial charge is 0.495 e. The molecule has 2 aromatic carbocycles. The summed E-state index contributed by atoms with van der Waals surface area (Å²) in [6, 6.07) is 12.1. The minimum Gasteiger partial charge on any atom is -0.495 e. The molecule has 2 aromatic rings. The molecule has 0 spiro atoms. The maximum atomic E-state index is 12.8. The molecule has 0 bridgehead atoms. The second-order valence-corrected chi connectivity index (χ2v) is 9.06. The Morgan fingerprint density at radius 1 is 1.13 bits per heavy atom. The summed E-state index contributed by atoms with van der Waals surface area (Å²) in [6.45, 7) is 6.93. The molecule has 0 radical (unpaired) electrons. The molecule has 7 nitrogen and oxygen atoms in total. The van der Waals surface area contributed by atoms with E-state index in [9.17, 15) is 13.2 Å². The molecule has 2 N–H and O–H groups in total. The Bertz CT molecular complexity index is 999. The number of sulfonamides is 1. The molecule has 1 aliphatic rings. The van der Waals surface area contributed by atoms with Gasteiger partial charge in [0.2, 0.25) is 10.0 Å². The molecule has 8 heteroatoms. The van der Waals surface area contributed by atoms with Crippen molar-refractivity contribution in [3.8, 4) is 5.75 Å². The summed E-state index contributed by atoms with van der Waals surface area (Å²) in [5.41, 5.74) is 2.02. The number of ether oxygens (including phenoxy) is 1. The minimum atomic E-state index is -3.76. The Kier molecular flexibility index (Phi) is 7.12. The van der Waals surface area contributed by atoms with Crippen LogP contribution < -0.4 is 14.8 Å². The molecule has 0 atom stereocenters. The van der Waals surface area contributed by atoms with Gasteiger partial charge in [-0.3, -0.25) is 9.69 Å². The first-order chi connectivity index (χ1) is 14.4. The second-order valence-electron chi connectivity index (χ2n) is 7.38. The Labute approximate surface area is 178 Å². The SMILES string of the molecule is CCN(CC)Cc1cccc(NC(=O)c2ccc(OC)c(S(=O)(=O)NC3CC3)c2)c1. The van der Waals surface area contributed by atoms with Crippen LogP contribution in [0.4, 0.5) is 5.69 Å². The van der Waals surface area contributed by atoms with Crippen LogP contribution in [-0.2, 0) is 16.6 Å². The van der Waals surface area contributed by atoms with E-state index in [4.69, 9.17) is 4.74 Å². The number of carbonyl (C=O) groups is 1. The van der Waals surface area contributed by atoms with Gasteiger partial charge in [0.1, 0.15) is 10.6 Å². The number of methoxy groups -OCH3 is 1. The van der Waals surface area contributed by atoms with Crippen molar-refractivity contribution in [2.75, 3.05) is 25.5 Å². The number of amides is 1. The minimum absolute atomic E-state index is 0.0279. The first kappa shape index (κ1) is 22.3. The van der Waals surface area contributed by atoms with E-state index in [0.717, 1.165) is 38.0 Å². The van der Waals surface area contributed by atoms with E-state index in [-0.39, 0.29) is 28.2 Å². The zero-order valence-corrected chi connectivity index (χ0v) is 18.5. The molecule has 1 amide bonds. The first-order valence-electron chi connectivity index (χ1n) is 10.2. The highest BCUT2D eigenvalue weighted by Gasteiger charge is 2.30. The van der Waals surface area contributed by atoms with Crippen LogP contribution in [0.5, 0.6) is 5.75 Å². The van der Waals surface area contributed by atoms with Gasteiger partial charge < -0.3 is 10.1 Å². The van der Waals surface area contributed by atoms with Crippen LogP contribution in [0.1, 0.15) is 42.6 Å². The molecule has 0 aliphatic heterocycles. The zero-order valence-electron chi connectivity index (χ0n) is 17.6. The van der Waals surface area contributed by atoms with E-state index in [1.807, 2.05) is 24.3 Å². The van der Waals surface area contributed by atoms with Gasteiger partial charge in [-0.1, -0.05) is 26.0 Å². The van der Waals surface area contributed by atoms with E-state index < -0.39 is 10.0 Å². The molecule has 0 aromatic heterocycles. The number of nitrogens with zero attached hydrogens (tertiary/aromatic N) is 1. The Morgan fingerprint density at radius 3 is 2.50 bits per heavy atom. The summed E-state index contributed by atoms with van der Waals surface area (Å²) < 4.78 is 33.2. The van der Waals surface area contributed by atoms with Crippen molar-refractivity contribution in [3.05, 3.63) is 53.6 Å². The number of hydrogen-bond acceptors (Lipinski definition) is 5. The van der Waals surface area contributed by atoms with Gasteiger partial charge in [0.15, 0.2) is 0 Å². The van der Waals surface area contributed by atoms with Crippen molar-refractivity contribution >= 4 is 21.6 Å². The summed E-state index contributed by atoms with van der Waals surface area (Å²) in [7, 11) is -2.35. The van der Waals surface area contributed by atoms with Crippen molar-refractivity contribution in [1.82, 2.24) is 9.62 Å². The number of anilines is 1. The van der Waals surface area contributed by atoms with Gasteiger partial charge in [0.25, 0.3) is 5.91 Å². The third-order valence-corrected chi connectivity index (χ3v) is 6.64. The number of hydrogen-bond donors (Lipinski definition) is 2. The Hall–Kier alpha value is -2.42. The fourth-order valence-electron chi connectivity index (χ4n) is 3.17. The quantitative estimate of drug-likeness (QED) is 0.603. The fourth-order valence-corrected chi connectivity index (χ4v) is 4.67. The topological polar surface area (TPSA) is 87.7 Å². The number of benzene rings is 2. The number of carbonyl (C=O) groups excluding carboxylic acids is 1. The molecule has 3 rings (SSSR count). The van der Waals surface area contributed by atoms with Crippen molar-refractivity contribution in [2.45, 2.75) is 44.2 Å². The second kappa shape index (κ2) is 9.59. The van der Waals surface area contributed by atoms with Crippen LogP contribution >= 0.6 is 0 Å². The Balaban J connectivity index is 1.79. The van der Waals surface area contributed by atoms with Gasteiger partial charge in [0, 0.05) is 23.8 Å². The molecule has 1 aliphatic carbocycles. The van der Waals surface area contributed by atoms with E-state index >= 15 is 0 Å². The lowest BCUT2D eigenvalue weighted by atomic mass is 10.1. The summed E-state index contributed by atoms with van der Waals surface area (Å²) in [4.78, 5) is 15.1. The normalized spacial score (nSPS) is 14.0. The molecule has 0 unspecified atom stereocenters. The molecule has 0 heterocycles. The van der Waals surface area contributed by atoms with E-state index in [2.05, 4.69) is 28.8 Å². The monoisotopic (exact) mass is 431 g/mol. The molecule has 162 valence electrons. The van der Waals surface area contributed by atoms with Gasteiger partial charge >= 0.3 is 0 Å². The molecule has 1 fully saturated rings. The van der Waals surface area contributed by atoms with Crippen LogP contribution in [0.3, 0.4) is 0 Å². The molecular formula is C22H29N3O4S. The van der Waals surface area contributed by atoms with Gasteiger partial charge in [-0.05, 0) is 61.8 Å². The predicted octanol–water partition coefficient (Wildman–Crippen LogP) is 3.23. The standard InChI is InChI=1S/C22H29N3O4S/c1-4-25(5-2)15-16-7-6-8-19(13-16)23-22(26)17-9-12-20(29-3)21(14-17)30(27,28)24-18-10-11-18/h6-9,12-14,18,24H,4-5,10-11,15H2,1-3H3,(H,23,26). The number of rotatable bonds is 10. The molecular weight excluding hydrogens is 402 g/mol.